The summed E-state index contributed by atoms with van der Waals surface area (Å²) in [5, 5.41) is 14.2. The first kappa shape index (κ1) is 16.9. The second kappa shape index (κ2) is 7.28. The van der Waals surface area contributed by atoms with Gasteiger partial charge in [0.25, 0.3) is 5.91 Å². The predicted molar refractivity (Wildman–Crippen MR) is 96.7 cm³/mol. The Hall–Kier alpha value is -2.98. The molecule has 0 aliphatic rings. The Bertz CT molecular complexity index is 809. The van der Waals surface area contributed by atoms with Crippen LogP contribution in [0, 0.1) is 6.92 Å². The van der Waals surface area contributed by atoms with E-state index in [0.717, 1.165) is 11.3 Å². The van der Waals surface area contributed by atoms with E-state index in [9.17, 15) is 9.90 Å². The number of rotatable bonds is 5. The molecule has 0 saturated heterocycles. The number of carbonyl (C=O) groups excluding carboxylic acids is 1. The first-order valence-corrected chi connectivity index (χ1v) is 8.14. The van der Waals surface area contributed by atoms with E-state index in [0.29, 0.717) is 11.1 Å². The fourth-order valence-electron chi connectivity index (χ4n) is 2.78. The van der Waals surface area contributed by atoms with Crippen LogP contribution in [0.25, 0.3) is 0 Å². The van der Waals surface area contributed by atoms with Gasteiger partial charge < -0.3 is 10.4 Å². The molecule has 25 heavy (non-hydrogen) atoms. The third-order valence-corrected chi connectivity index (χ3v) is 4.25. The normalized spacial score (nSPS) is 11.1. The third kappa shape index (κ3) is 3.44. The standard InChI is InChI=1S/C21H20N2O2/c1-16-9-8-14-22-19(16)15-23-20(24)21(25,17-10-4-2-5-11-17)18-12-6-3-7-13-18/h2-14,25H,15H2,1H3,(H,23,24). The second-order valence-electron chi connectivity index (χ2n) is 5.89. The van der Waals surface area contributed by atoms with Crippen LogP contribution >= 0.6 is 0 Å². The molecule has 0 aliphatic heterocycles. The number of nitrogens with zero attached hydrogens (tertiary/aromatic N) is 1. The number of aryl methyl sites for hydroxylation is 1. The predicted octanol–water partition coefficient (Wildman–Crippen LogP) is 2.94. The molecule has 1 amide bonds. The van der Waals surface area contributed by atoms with Gasteiger partial charge in [0.2, 0.25) is 0 Å². The van der Waals surface area contributed by atoms with E-state index in [4.69, 9.17) is 0 Å². The van der Waals surface area contributed by atoms with Crippen LogP contribution in [0.1, 0.15) is 22.4 Å². The summed E-state index contributed by atoms with van der Waals surface area (Å²) in [5.41, 5.74) is 1.06. The lowest BCUT2D eigenvalue weighted by molar-refractivity contribution is -0.136. The van der Waals surface area contributed by atoms with Crippen LogP contribution in [0.3, 0.4) is 0 Å². The van der Waals surface area contributed by atoms with E-state index < -0.39 is 11.5 Å². The molecule has 0 bridgehead atoms. The van der Waals surface area contributed by atoms with Gasteiger partial charge in [-0.3, -0.25) is 9.78 Å². The molecule has 0 saturated carbocycles. The molecule has 0 atom stereocenters. The quantitative estimate of drug-likeness (QED) is 0.755. The summed E-state index contributed by atoms with van der Waals surface area (Å²) < 4.78 is 0. The molecule has 1 aromatic heterocycles. The summed E-state index contributed by atoms with van der Waals surface area (Å²) in [6.45, 7) is 2.20. The molecule has 3 aromatic rings. The van der Waals surface area contributed by atoms with E-state index in [2.05, 4.69) is 10.3 Å². The maximum Gasteiger partial charge on any atom is 0.261 e. The van der Waals surface area contributed by atoms with Crippen molar-refractivity contribution < 1.29 is 9.90 Å². The van der Waals surface area contributed by atoms with Crippen LogP contribution < -0.4 is 5.32 Å². The highest BCUT2D eigenvalue weighted by Crippen LogP contribution is 2.29. The van der Waals surface area contributed by atoms with Gasteiger partial charge in [-0.25, -0.2) is 0 Å². The van der Waals surface area contributed by atoms with E-state index in [1.54, 1.807) is 54.7 Å². The number of nitrogens with one attached hydrogen (secondary N) is 1. The number of hydrogen-bond acceptors (Lipinski definition) is 3. The molecular formula is C21H20N2O2. The van der Waals surface area contributed by atoms with E-state index in [1.165, 1.54) is 0 Å². The number of carbonyl (C=O) groups is 1. The smallest absolute Gasteiger partial charge is 0.261 e. The van der Waals surface area contributed by atoms with Crippen LogP contribution in [0.5, 0.6) is 0 Å². The molecule has 126 valence electrons. The van der Waals surface area contributed by atoms with Gasteiger partial charge in [-0.2, -0.15) is 0 Å². The number of aliphatic hydroxyl groups is 1. The average molecular weight is 332 g/mol. The lowest BCUT2D eigenvalue weighted by atomic mass is 9.85. The summed E-state index contributed by atoms with van der Waals surface area (Å²) >= 11 is 0. The summed E-state index contributed by atoms with van der Waals surface area (Å²) in [7, 11) is 0. The van der Waals surface area contributed by atoms with Crippen molar-refractivity contribution in [3.05, 3.63) is 101 Å². The van der Waals surface area contributed by atoms with Crippen molar-refractivity contribution in [1.29, 1.82) is 0 Å². The Labute approximate surface area is 147 Å². The number of aromatic nitrogens is 1. The Balaban J connectivity index is 1.92. The number of pyridine rings is 1. The third-order valence-electron chi connectivity index (χ3n) is 4.25. The van der Waals surface area contributed by atoms with Crippen molar-refractivity contribution in [1.82, 2.24) is 10.3 Å². The zero-order chi connectivity index (χ0) is 17.7. The Morgan fingerprint density at radius 1 is 0.960 bits per heavy atom. The Morgan fingerprint density at radius 2 is 1.52 bits per heavy atom. The molecule has 4 heteroatoms. The molecule has 3 rings (SSSR count). The molecule has 0 unspecified atom stereocenters. The number of benzene rings is 2. The highest BCUT2D eigenvalue weighted by atomic mass is 16.3. The maximum atomic E-state index is 13.0. The highest BCUT2D eigenvalue weighted by molar-refractivity contribution is 5.90. The number of hydrogen-bond donors (Lipinski definition) is 2. The zero-order valence-corrected chi connectivity index (χ0v) is 14.0. The summed E-state index contributed by atoms with van der Waals surface area (Å²) in [6.07, 6.45) is 1.69. The first-order chi connectivity index (χ1) is 12.1. The van der Waals surface area contributed by atoms with Gasteiger partial charge in [0.1, 0.15) is 0 Å². The van der Waals surface area contributed by atoms with Crippen molar-refractivity contribution in [2.45, 2.75) is 19.1 Å². The molecule has 2 N–H and O–H groups in total. The molecule has 1 heterocycles. The van der Waals surface area contributed by atoms with Crippen LogP contribution in [-0.2, 0) is 16.9 Å². The van der Waals surface area contributed by atoms with Crippen molar-refractivity contribution in [3.8, 4) is 0 Å². The highest BCUT2D eigenvalue weighted by Gasteiger charge is 2.39. The molecule has 0 aliphatic carbocycles. The van der Waals surface area contributed by atoms with Crippen LogP contribution in [0.4, 0.5) is 0 Å². The minimum Gasteiger partial charge on any atom is -0.372 e. The summed E-state index contributed by atoms with van der Waals surface area (Å²) in [5.74, 6) is -0.477. The van der Waals surface area contributed by atoms with Crippen LogP contribution in [0.2, 0.25) is 0 Å². The van der Waals surface area contributed by atoms with Gasteiger partial charge in [0, 0.05) is 6.20 Å². The Morgan fingerprint density at radius 3 is 2.04 bits per heavy atom. The minimum atomic E-state index is -1.76. The average Bonchev–Trinajstić information content (AvgIpc) is 2.68. The summed E-state index contributed by atoms with van der Waals surface area (Å²) in [4.78, 5) is 17.2. The molecule has 0 radical (unpaired) electrons. The van der Waals surface area contributed by atoms with E-state index in [1.807, 2.05) is 31.2 Å². The maximum absolute atomic E-state index is 13.0. The van der Waals surface area contributed by atoms with Crippen LogP contribution in [0.15, 0.2) is 79.0 Å². The van der Waals surface area contributed by atoms with E-state index in [-0.39, 0.29) is 6.54 Å². The largest absolute Gasteiger partial charge is 0.372 e. The molecule has 0 fully saturated rings. The zero-order valence-electron chi connectivity index (χ0n) is 14.0. The van der Waals surface area contributed by atoms with Crippen LogP contribution in [-0.4, -0.2) is 16.0 Å². The van der Waals surface area contributed by atoms with Gasteiger partial charge in [-0.15, -0.1) is 0 Å². The second-order valence-corrected chi connectivity index (χ2v) is 5.89. The lowest BCUT2D eigenvalue weighted by Gasteiger charge is -2.28. The molecule has 2 aromatic carbocycles. The molecule has 4 nitrogen and oxygen atoms in total. The monoisotopic (exact) mass is 332 g/mol. The van der Waals surface area contributed by atoms with Gasteiger partial charge in [0.05, 0.1) is 12.2 Å². The topological polar surface area (TPSA) is 62.2 Å². The lowest BCUT2D eigenvalue weighted by Crippen LogP contribution is -2.45. The van der Waals surface area contributed by atoms with Gasteiger partial charge >= 0.3 is 0 Å². The summed E-state index contributed by atoms with van der Waals surface area (Å²) in [6, 6.07) is 21.7. The fourth-order valence-corrected chi connectivity index (χ4v) is 2.78. The van der Waals surface area contributed by atoms with Crippen molar-refractivity contribution in [2.75, 3.05) is 0 Å². The first-order valence-electron chi connectivity index (χ1n) is 8.14. The number of amides is 1. The van der Waals surface area contributed by atoms with E-state index >= 15 is 0 Å². The Kier molecular flexibility index (Phi) is 4.91. The SMILES string of the molecule is Cc1cccnc1CNC(=O)C(O)(c1ccccc1)c1ccccc1. The molecular weight excluding hydrogens is 312 g/mol. The van der Waals surface area contributed by atoms with Crippen molar-refractivity contribution in [3.63, 3.8) is 0 Å². The van der Waals surface area contributed by atoms with Gasteiger partial charge in [-0.1, -0.05) is 66.7 Å². The van der Waals surface area contributed by atoms with Gasteiger partial charge in [-0.05, 0) is 29.7 Å². The van der Waals surface area contributed by atoms with Crippen molar-refractivity contribution in [2.24, 2.45) is 0 Å². The van der Waals surface area contributed by atoms with Gasteiger partial charge in [0.15, 0.2) is 5.60 Å². The molecule has 0 spiro atoms. The minimum absolute atomic E-state index is 0.257. The fraction of sp³-hybridized carbons (Fsp3) is 0.143. The van der Waals surface area contributed by atoms with Crippen molar-refractivity contribution >= 4 is 5.91 Å².